The molecule has 0 aliphatic rings. The maximum Gasteiger partial charge on any atom is 0.251 e. The molecule has 1 amide bonds. The summed E-state index contributed by atoms with van der Waals surface area (Å²) in [5.74, 6) is 0.770. The van der Waals surface area contributed by atoms with Gasteiger partial charge in [-0.25, -0.2) is 4.98 Å². The summed E-state index contributed by atoms with van der Waals surface area (Å²) in [6.07, 6.45) is 2.50. The first-order valence-corrected chi connectivity index (χ1v) is 9.17. The van der Waals surface area contributed by atoms with Crippen LogP contribution in [0.4, 0.5) is 0 Å². The van der Waals surface area contributed by atoms with Crippen molar-refractivity contribution in [1.29, 1.82) is 0 Å². The van der Waals surface area contributed by atoms with E-state index < -0.39 is 0 Å². The van der Waals surface area contributed by atoms with E-state index in [0.29, 0.717) is 12.1 Å². The fourth-order valence-electron chi connectivity index (χ4n) is 2.52. The molecule has 0 unspecified atom stereocenters. The van der Waals surface area contributed by atoms with E-state index in [-0.39, 0.29) is 5.91 Å². The molecule has 0 radical (unpaired) electrons. The van der Waals surface area contributed by atoms with Crippen LogP contribution >= 0.6 is 11.8 Å². The predicted octanol–water partition coefficient (Wildman–Crippen LogP) is 4.21. The maximum atomic E-state index is 12.3. The zero-order valence-electron chi connectivity index (χ0n) is 14.5. The number of ether oxygens (including phenoxy) is 1. The Kier molecular flexibility index (Phi) is 6.28. The molecular formula is C21H20N2O2S. The third-order valence-electron chi connectivity index (χ3n) is 3.85. The lowest BCUT2D eigenvalue weighted by molar-refractivity contribution is 0.0954. The number of rotatable bonds is 7. The van der Waals surface area contributed by atoms with Gasteiger partial charge >= 0.3 is 0 Å². The van der Waals surface area contributed by atoms with Gasteiger partial charge in [0.05, 0.1) is 7.11 Å². The lowest BCUT2D eigenvalue weighted by atomic mass is 10.1. The number of carbonyl (C=O) groups is 1. The highest BCUT2D eigenvalue weighted by atomic mass is 32.2. The Hall–Kier alpha value is -2.79. The fourth-order valence-corrected chi connectivity index (χ4v) is 3.30. The number of aromatic nitrogens is 1. The Labute approximate surface area is 157 Å². The molecule has 0 aliphatic carbocycles. The van der Waals surface area contributed by atoms with E-state index in [2.05, 4.69) is 10.3 Å². The number of hydrogen-bond acceptors (Lipinski definition) is 4. The van der Waals surface area contributed by atoms with Crippen molar-refractivity contribution in [3.05, 3.63) is 84.1 Å². The van der Waals surface area contributed by atoms with E-state index in [4.69, 9.17) is 4.74 Å². The Bertz CT molecular complexity index is 851. The first-order valence-electron chi connectivity index (χ1n) is 8.35. The molecule has 132 valence electrons. The van der Waals surface area contributed by atoms with Gasteiger partial charge in [-0.2, -0.15) is 0 Å². The molecule has 26 heavy (non-hydrogen) atoms. The van der Waals surface area contributed by atoms with Crippen LogP contribution < -0.4 is 10.1 Å². The lowest BCUT2D eigenvalue weighted by Gasteiger charge is -2.09. The van der Waals surface area contributed by atoms with Gasteiger partial charge in [0, 0.05) is 23.2 Å². The number of para-hydroxylation sites is 1. The zero-order valence-corrected chi connectivity index (χ0v) is 15.3. The summed E-state index contributed by atoms with van der Waals surface area (Å²) in [5, 5.41) is 3.89. The Morgan fingerprint density at radius 2 is 1.81 bits per heavy atom. The number of carbonyl (C=O) groups excluding carboxylic acids is 1. The molecule has 0 atom stereocenters. The summed E-state index contributed by atoms with van der Waals surface area (Å²) in [6.45, 7) is 0.559. The van der Waals surface area contributed by atoms with Gasteiger partial charge in [0.2, 0.25) is 0 Å². The Morgan fingerprint density at radius 1 is 1.04 bits per heavy atom. The maximum absolute atomic E-state index is 12.3. The van der Waals surface area contributed by atoms with Crippen molar-refractivity contribution >= 4 is 17.7 Å². The number of pyridine rings is 1. The van der Waals surface area contributed by atoms with Gasteiger partial charge in [-0.1, -0.05) is 36.0 Å². The van der Waals surface area contributed by atoms with Crippen LogP contribution in [-0.2, 0) is 6.42 Å². The molecule has 0 spiro atoms. The van der Waals surface area contributed by atoms with E-state index >= 15 is 0 Å². The van der Waals surface area contributed by atoms with Gasteiger partial charge in [0.1, 0.15) is 10.8 Å². The van der Waals surface area contributed by atoms with Crippen LogP contribution in [0.1, 0.15) is 15.9 Å². The Balaban J connectivity index is 1.53. The normalized spacial score (nSPS) is 10.3. The van der Waals surface area contributed by atoms with Crippen molar-refractivity contribution in [3.63, 3.8) is 0 Å². The number of methoxy groups -OCH3 is 1. The van der Waals surface area contributed by atoms with Crippen molar-refractivity contribution in [2.45, 2.75) is 16.3 Å². The van der Waals surface area contributed by atoms with Crippen LogP contribution in [0.5, 0.6) is 5.75 Å². The SMILES string of the molecule is COc1ccccc1CCNC(=O)c1ccc(Sc2ccccn2)cc1. The third kappa shape index (κ3) is 4.86. The van der Waals surface area contributed by atoms with Crippen LogP contribution in [0.3, 0.4) is 0 Å². The number of hydrogen-bond donors (Lipinski definition) is 1. The molecule has 3 aromatic rings. The van der Waals surface area contributed by atoms with Gasteiger partial charge in [-0.3, -0.25) is 4.79 Å². The molecule has 0 saturated heterocycles. The van der Waals surface area contributed by atoms with Crippen LogP contribution in [0.15, 0.2) is 82.8 Å². The van der Waals surface area contributed by atoms with E-state index in [1.54, 1.807) is 25.1 Å². The molecule has 2 aromatic carbocycles. The van der Waals surface area contributed by atoms with Gasteiger partial charge in [0.15, 0.2) is 0 Å². The molecular weight excluding hydrogens is 344 g/mol. The molecule has 4 nitrogen and oxygen atoms in total. The number of nitrogens with one attached hydrogen (secondary N) is 1. The highest BCUT2D eigenvalue weighted by Gasteiger charge is 2.07. The van der Waals surface area contributed by atoms with Gasteiger partial charge in [-0.15, -0.1) is 0 Å². The Morgan fingerprint density at radius 3 is 2.54 bits per heavy atom. The summed E-state index contributed by atoms with van der Waals surface area (Å²) >= 11 is 1.57. The highest BCUT2D eigenvalue weighted by molar-refractivity contribution is 7.99. The van der Waals surface area contributed by atoms with Crippen LogP contribution in [0.25, 0.3) is 0 Å². The topological polar surface area (TPSA) is 51.2 Å². The summed E-state index contributed by atoms with van der Waals surface area (Å²) in [6, 6.07) is 21.2. The van der Waals surface area contributed by atoms with Gasteiger partial charge < -0.3 is 10.1 Å². The molecule has 0 fully saturated rings. The van der Waals surface area contributed by atoms with Crippen molar-refractivity contribution < 1.29 is 9.53 Å². The first-order chi connectivity index (χ1) is 12.8. The van der Waals surface area contributed by atoms with Crippen molar-refractivity contribution in [2.24, 2.45) is 0 Å². The molecule has 0 saturated carbocycles. The minimum atomic E-state index is -0.0747. The second-order valence-electron chi connectivity index (χ2n) is 5.61. The minimum absolute atomic E-state index is 0.0747. The quantitative estimate of drug-likeness (QED) is 0.682. The van der Waals surface area contributed by atoms with E-state index in [1.807, 2.05) is 66.7 Å². The van der Waals surface area contributed by atoms with Crippen LogP contribution in [-0.4, -0.2) is 24.5 Å². The van der Waals surface area contributed by atoms with Gasteiger partial charge in [0.25, 0.3) is 5.91 Å². The number of nitrogens with zero attached hydrogens (tertiary/aromatic N) is 1. The summed E-state index contributed by atoms with van der Waals surface area (Å²) in [4.78, 5) is 17.6. The average Bonchev–Trinajstić information content (AvgIpc) is 2.69. The van der Waals surface area contributed by atoms with Crippen molar-refractivity contribution in [1.82, 2.24) is 10.3 Å². The largest absolute Gasteiger partial charge is 0.496 e. The summed E-state index contributed by atoms with van der Waals surface area (Å²) in [5.41, 5.74) is 1.73. The average molecular weight is 364 g/mol. The second-order valence-corrected chi connectivity index (χ2v) is 6.71. The molecule has 5 heteroatoms. The number of amides is 1. The van der Waals surface area contributed by atoms with Crippen molar-refractivity contribution in [3.8, 4) is 5.75 Å². The standard InChI is InChI=1S/C21H20N2O2S/c1-25-19-7-3-2-6-16(19)13-15-23-21(24)17-9-11-18(12-10-17)26-20-8-4-5-14-22-20/h2-12,14H,13,15H2,1H3,(H,23,24). The fraction of sp³-hybridized carbons (Fsp3) is 0.143. The molecule has 0 bridgehead atoms. The summed E-state index contributed by atoms with van der Waals surface area (Å²) < 4.78 is 5.33. The second kappa shape index (κ2) is 9.06. The molecule has 1 N–H and O–H groups in total. The van der Waals surface area contributed by atoms with Gasteiger partial charge in [-0.05, 0) is 54.4 Å². The minimum Gasteiger partial charge on any atom is -0.496 e. The van der Waals surface area contributed by atoms with Crippen molar-refractivity contribution in [2.75, 3.05) is 13.7 Å². The smallest absolute Gasteiger partial charge is 0.251 e. The molecule has 3 rings (SSSR count). The lowest BCUT2D eigenvalue weighted by Crippen LogP contribution is -2.25. The molecule has 1 aromatic heterocycles. The highest BCUT2D eigenvalue weighted by Crippen LogP contribution is 2.25. The first kappa shape index (κ1) is 18.0. The predicted molar refractivity (Wildman–Crippen MR) is 104 cm³/mol. The molecule has 1 heterocycles. The third-order valence-corrected chi connectivity index (χ3v) is 4.81. The van der Waals surface area contributed by atoms with E-state index in [0.717, 1.165) is 27.7 Å². The van der Waals surface area contributed by atoms with Crippen LogP contribution in [0, 0.1) is 0 Å². The molecule has 0 aliphatic heterocycles. The summed E-state index contributed by atoms with van der Waals surface area (Å²) in [7, 11) is 1.65. The monoisotopic (exact) mass is 364 g/mol. The zero-order chi connectivity index (χ0) is 18.2. The van der Waals surface area contributed by atoms with Crippen LogP contribution in [0.2, 0.25) is 0 Å². The van der Waals surface area contributed by atoms with E-state index in [1.165, 1.54) is 0 Å². The number of benzene rings is 2. The van der Waals surface area contributed by atoms with E-state index in [9.17, 15) is 4.79 Å².